The van der Waals surface area contributed by atoms with Crippen molar-refractivity contribution in [3.05, 3.63) is 35.5 Å². The normalized spacial score (nSPS) is 18.5. The summed E-state index contributed by atoms with van der Waals surface area (Å²) in [6, 6.07) is 0. The standard InChI is InChI=1S/C16H18N4O2S2/c1-2-22-15(21)13-11-4-3-5-16(23-8-9-24-16)14(11)20(19-13)12-10-17-6-7-18-12/h6-7,10H,2-5,8-9H2,1H3. The number of fused-ring (bicyclic) bond motifs is 2. The molecule has 1 spiro atoms. The van der Waals surface area contributed by atoms with Crippen LogP contribution in [-0.2, 0) is 15.2 Å². The number of rotatable bonds is 3. The predicted octanol–water partition coefficient (Wildman–Crippen LogP) is 2.81. The summed E-state index contributed by atoms with van der Waals surface area (Å²) in [4.78, 5) is 21.0. The van der Waals surface area contributed by atoms with Gasteiger partial charge in [-0.2, -0.15) is 5.10 Å². The quantitative estimate of drug-likeness (QED) is 0.778. The summed E-state index contributed by atoms with van der Waals surface area (Å²) in [5, 5.41) is 4.61. The molecular formula is C16H18N4O2S2. The fraction of sp³-hybridized carbons (Fsp3) is 0.500. The van der Waals surface area contributed by atoms with Crippen LogP contribution in [0.1, 0.15) is 41.5 Å². The maximum atomic E-state index is 12.4. The SMILES string of the molecule is CCOC(=O)c1nn(-c2cnccn2)c2c1CCCC21SCCS1. The molecule has 6 nitrogen and oxygen atoms in total. The summed E-state index contributed by atoms with van der Waals surface area (Å²) in [5.74, 6) is 2.54. The molecule has 126 valence electrons. The second kappa shape index (κ2) is 6.40. The first-order valence-electron chi connectivity index (χ1n) is 8.09. The van der Waals surface area contributed by atoms with Crippen molar-refractivity contribution in [2.24, 2.45) is 0 Å². The predicted molar refractivity (Wildman–Crippen MR) is 94.6 cm³/mol. The van der Waals surface area contributed by atoms with Crippen LogP contribution in [0.25, 0.3) is 5.82 Å². The summed E-state index contributed by atoms with van der Waals surface area (Å²) in [6.45, 7) is 2.16. The van der Waals surface area contributed by atoms with Crippen LogP contribution in [0, 0.1) is 0 Å². The number of carbonyl (C=O) groups is 1. The van der Waals surface area contributed by atoms with Gasteiger partial charge in [0.2, 0.25) is 0 Å². The van der Waals surface area contributed by atoms with Crippen LogP contribution in [0.4, 0.5) is 0 Å². The Morgan fingerprint density at radius 1 is 1.38 bits per heavy atom. The Morgan fingerprint density at radius 3 is 2.92 bits per heavy atom. The van der Waals surface area contributed by atoms with Gasteiger partial charge in [0.05, 0.1) is 18.5 Å². The van der Waals surface area contributed by atoms with Crippen molar-refractivity contribution in [1.29, 1.82) is 0 Å². The smallest absolute Gasteiger partial charge is 0.359 e. The van der Waals surface area contributed by atoms with E-state index in [1.165, 1.54) is 0 Å². The number of esters is 1. The zero-order valence-electron chi connectivity index (χ0n) is 13.4. The molecule has 1 fully saturated rings. The minimum atomic E-state index is -0.346. The maximum absolute atomic E-state index is 12.4. The fourth-order valence-electron chi connectivity index (χ4n) is 3.36. The Morgan fingerprint density at radius 2 is 2.21 bits per heavy atom. The van der Waals surface area contributed by atoms with E-state index >= 15 is 0 Å². The highest BCUT2D eigenvalue weighted by Crippen LogP contribution is 2.58. The van der Waals surface area contributed by atoms with E-state index in [4.69, 9.17) is 4.74 Å². The van der Waals surface area contributed by atoms with Gasteiger partial charge in [-0.3, -0.25) is 4.98 Å². The van der Waals surface area contributed by atoms with Crippen molar-refractivity contribution in [3.8, 4) is 5.82 Å². The van der Waals surface area contributed by atoms with Crippen molar-refractivity contribution in [1.82, 2.24) is 19.7 Å². The Balaban J connectivity index is 1.92. The van der Waals surface area contributed by atoms with Crippen LogP contribution in [0.15, 0.2) is 18.6 Å². The van der Waals surface area contributed by atoms with Crippen LogP contribution in [0.3, 0.4) is 0 Å². The lowest BCUT2D eigenvalue weighted by atomic mass is 9.94. The van der Waals surface area contributed by atoms with Crippen molar-refractivity contribution in [2.45, 2.75) is 30.3 Å². The summed E-state index contributed by atoms with van der Waals surface area (Å²) < 4.78 is 7.01. The minimum absolute atomic E-state index is 0.0388. The molecule has 4 rings (SSSR count). The number of aromatic nitrogens is 4. The van der Waals surface area contributed by atoms with E-state index in [0.717, 1.165) is 42.0 Å². The summed E-state index contributed by atoms with van der Waals surface area (Å²) in [6.07, 6.45) is 7.98. The van der Waals surface area contributed by atoms with Gasteiger partial charge in [0.25, 0.3) is 0 Å². The van der Waals surface area contributed by atoms with E-state index in [9.17, 15) is 4.79 Å². The monoisotopic (exact) mass is 362 g/mol. The van der Waals surface area contributed by atoms with E-state index in [2.05, 4.69) is 15.1 Å². The molecule has 0 unspecified atom stereocenters. The minimum Gasteiger partial charge on any atom is -0.461 e. The Bertz CT molecular complexity index is 757. The van der Waals surface area contributed by atoms with Gasteiger partial charge in [-0.1, -0.05) is 0 Å². The Hall–Kier alpha value is -1.54. The average molecular weight is 362 g/mol. The van der Waals surface area contributed by atoms with E-state index in [1.807, 2.05) is 35.1 Å². The molecule has 8 heteroatoms. The van der Waals surface area contributed by atoms with Gasteiger partial charge in [-0.15, -0.1) is 23.5 Å². The van der Waals surface area contributed by atoms with E-state index in [-0.39, 0.29) is 10.0 Å². The molecule has 1 aliphatic heterocycles. The topological polar surface area (TPSA) is 69.9 Å². The molecule has 1 aliphatic carbocycles. The largest absolute Gasteiger partial charge is 0.461 e. The molecular weight excluding hydrogens is 344 g/mol. The molecule has 3 heterocycles. The lowest BCUT2D eigenvalue weighted by molar-refractivity contribution is 0.0517. The number of ether oxygens (including phenoxy) is 1. The summed E-state index contributed by atoms with van der Waals surface area (Å²) >= 11 is 3.91. The number of hydrogen-bond acceptors (Lipinski definition) is 7. The maximum Gasteiger partial charge on any atom is 0.359 e. The first-order chi connectivity index (χ1) is 11.7. The first-order valence-corrected chi connectivity index (χ1v) is 10.1. The summed E-state index contributed by atoms with van der Waals surface area (Å²) in [7, 11) is 0. The van der Waals surface area contributed by atoms with Gasteiger partial charge in [0, 0.05) is 29.5 Å². The van der Waals surface area contributed by atoms with Gasteiger partial charge in [-0.25, -0.2) is 14.5 Å². The Labute approximate surface area is 148 Å². The van der Waals surface area contributed by atoms with Gasteiger partial charge in [0.15, 0.2) is 11.5 Å². The van der Waals surface area contributed by atoms with Crippen molar-refractivity contribution in [2.75, 3.05) is 18.1 Å². The van der Waals surface area contributed by atoms with Crippen LogP contribution in [-0.4, -0.2) is 43.8 Å². The molecule has 0 aromatic carbocycles. The molecule has 1 saturated heterocycles. The number of hydrogen-bond donors (Lipinski definition) is 0. The molecule has 0 radical (unpaired) electrons. The van der Waals surface area contributed by atoms with Gasteiger partial charge in [-0.05, 0) is 26.2 Å². The highest BCUT2D eigenvalue weighted by Gasteiger charge is 2.46. The van der Waals surface area contributed by atoms with E-state index in [0.29, 0.717) is 18.1 Å². The zero-order valence-corrected chi connectivity index (χ0v) is 15.0. The summed E-state index contributed by atoms with van der Waals surface area (Å²) in [5.41, 5.74) is 2.56. The van der Waals surface area contributed by atoms with Crippen molar-refractivity contribution >= 4 is 29.5 Å². The zero-order chi connectivity index (χ0) is 16.6. The fourth-order valence-corrected chi connectivity index (χ4v) is 6.79. The molecule has 24 heavy (non-hydrogen) atoms. The van der Waals surface area contributed by atoms with Gasteiger partial charge in [0.1, 0.15) is 4.08 Å². The van der Waals surface area contributed by atoms with Gasteiger partial charge >= 0.3 is 5.97 Å². The van der Waals surface area contributed by atoms with Crippen molar-refractivity contribution < 1.29 is 9.53 Å². The first kappa shape index (κ1) is 16.0. The van der Waals surface area contributed by atoms with Crippen LogP contribution in [0.2, 0.25) is 0 Å². The number of nitrogens with zero attached hydrogens (tertiary/aromatic N) is 4. The molecule has 0 atom stereocenters. The van der Waals surface area contributed by atoms with Crippen LogP contribution < -0.4 is 0 Å². The van der Waals surface area contributed by atoms with E-state index < -0.39 is 0 Å². The molecule has 0 amide bonds. The molecule has 0 saturated carbocycles. The third-order valence-corrected chi connectivity index (χ3v) is 7.78. The molecule has 2 aliphatic rings. The third-order valence-electron chi connectivity index (χ3n) is 4.27. The van der Waals surface area contributed by atoms with Crippen molar-refractivity contribution in [3.63, 3.8) is 0 Å². The highest BCUT2D eigenvalue weighted by atomic mass is 32.2. The Kier molecular flexibility index (Phi) is 4.26. The number of thioether (sulfide) groups is 2. The molecule has 0 N–H and O–H groups in total. The molecule has 2 aromatic rings. The third kappa shape index (κ3) is 2.52. The van der Waals surface area contributed by atoms with E-state index in [1.54, 1.807) is 18.6 Å². The highest BCUT2D eigenvalue weighted by molar-refractivity contribution is 8.20. The second-order valence-electron chi connectivity index (χ2n) is 5.68. The van der Waals surface area contributed by atoms with Gasteiger partial charge < -0.3 is 4.74 Å². The number of carbonyl (C=O) groups excluding carboxylic acids is 1. The van der Waals surface area contributed by atoms with Crippen LogP contribution >= 0.6 is 23.5 Å². The lowest BCUT2D eigenvalue weighted by Crippen LogP contribution is -2.25. The van der Waals surface area contributed by atoms with Crippen LogP contribution in [0.5, 0.6) is 0 Å². The lowest BCUT2D eigenvalue weighted by Gasteiger charge is -2.32. The molecule has 2 aromatic heterocycles. The second-order valence-corrected chi connectivity index (χ2v) is 8.72. The average Bonchev–Trinajstić information content (AvgIpc) is 3.22. The molecule has 0 bridgehead atoms.